The van der Waals surface area contributed by atoms with Gasteiger partial charge in [0.15, 0.2) is 0 Å². The Balaban J connectivity index is 2.81. The van der Waals surface area contributed by atoms with Crippen LogP contribution in [0.25, 0.3) is 0 Å². The Morgan fingerprint density at radius 3 is 2.88 bits per heavy atom. The fourth-order valence-electron chi connectivity index (χ4n) is 1.49. The van der Waals surface area contributed by atoms with Crippen LogP contribution in [-0.4, -0.2) is 11.9 Å². The summed E-state index contributed by atoms with van der Waals surface area (Å²) < 4.78 is 0. The molecule has 0 aromatic heterocycles. The lowest BCUT2D eigenvalue weighted by atomic mass is 10.1. The third kappa shape index (κ3) is 3.28. The van der Waals surface area contributed by atoms with E-state index in [9.17, 15) is 4.79 Å². The Labute approximate surface area is 95.1 Å². The summed E-state index contributed by atoms with van der Waals surface area (Å²) >= 11 is 0. The number of amides is 1. The number of benzene rings is 1. The molecule has 1 aromatic carbocycles. The molecule has 4 heteroatoms. The maximum Gasteiger partial charge on any atom is 0.219 e. The second-order valence-corrected chi connectivity index (χ2v) is 3.88. The molecule has 1 unspecified atom stereocenters. The van der Waals surface area contributed by atoms with Crippen LogP contribution in [0.2, 0.25) is 0 Å². The molecule has 0 heterocycles. The van der Waals surface area contributed by atoms with Crippen LogP contribution in [0.1, 0.15) is 24.5 Å². The lowest BCUT2D eigenvalue weighted by molar-refractivity contribution is -0.118. The Morgan fingerprint density at radius 2 is 2.31 bits per heavy atom. The van der Waals surface area contributed by atoms with E-state index < -0.39 is 0 Å². The monoisotopic (exact) mass is 217 g/mol. The number of rotatable bonds is 4. The normalized spacial score (nSPS) is 11.6. The van der Waals surface area contributed by atoms with E-state index in [1.165, 1.54) is 0 Å². The Hall–Kier alpha value is -2.02. The van der Waals surface area contributed by atoms with E-state index in [2.05, 4.69) is 11.4 Å². The maximum atomic E-state index is 10.7. The molecule has 0 radical (unpaired) electrons. The molecule has 0 spiro atoms. The average molecular weight is 217 g/mol. The molecule has 4 nitrogen and oxygen atoms in total. The van der Waals surface area contributed by atoms with Crippen LogP contribution >= 0.6 is 0 Å². The number of nitrogens with zero attached hydrogens (tertiary/aromatic N) is 1. The molecule has 16 heavy (non-hydrogen) atoms. The van der Waals surface area contributed by atoms with Gasteiger partial charge in [0.25, 0.3) is 0 Å². The number of primary amides is 1. The van der Waals surface area contributed by atoms with Crippen molar-refractivity contribution >= 4 is 11.6 Å². The van der Waals surface area contributed by atoms with Crippen LogP contribution in [0, 0.1) is 18.3 Å². The SMILES string of the molecule is Cc1ccc(NC(C)CC(N)=O)c(C#N)c1. The van der Waals surface area contributed by atoms with Crippen molar-refractivity contribution < 1.29 is 4.79 Å². The molecule has 1 atom stereocenters. The predicted octanol–water partition coefficient (Wildman–Crippen LogP) is 1.54. The van der Waals surface area contributed by atoms with E-state index in [-0.39, 0.29) is 18.4 Å². The quantitative estimate of drug-likeness (QED) is 0.803. The number of nitrogens with two attached hydrogens (primary N) is 1. The molecule has 0 saturated carbocycles. The number of aryl methyl sites for hydroxylation is 1. The topological polar surface area (TPSA) is 78.9 Å². The first kappa shape index (κ1) is 12.1. The van der Waals surface area contributed by atoms with Crippen molar-refractivity contribution in [1.82, 2.24) is 0 Å². The third-order valence-electron chi connectivity index (χ3n) is 2.20. The molecule has 1 rings (SSSR count). The molecule has 0 fully saturated rings. The van der Waals surface area contributed by atoms with Gasteiger partial charge in [-0.05, 0) is 31.5 Å². The number of hydrogen-bond acceptors (Lipinski definition) is 3. The zero-order valence-corrected chi connectivity index (χ0v) is 9.45. The van der Waals surface area contributed by atoms with Crippen LogP contribution < -0.4 is 11.1 Å². The standard InChI is InChI=1S/C12H15N3O/c1-8-3-4-11(10(5-8)7-13)15-9(2)6-12(14)16/h3-5,9,15H,6H2,1-2H3,(H2,14,16). The minimum Gasteiger partial charge on any atom is -0.381 e. The van der Waals surface area contributed by atoms with Crippen LogP contribution in [0.3, 0.4) is 0 Å². The van der Waals surface area contributed by atoms with Gasteiger partial charge in [-0.15, -0.1) is 0 Å². The molecular weight excluding hydrogens is 202 g/mol. The van der Waals surface area contributed by atoms with Gasteiger partial charge >= 0.3 is 0 Å². The van der Waals surface area contributed by atoms with Crippen molar-refractivity contribution in [3.05, 3.63) is 29.3 Å². The lowest BCUT2D eigenvalue weighted by Gasteiger charge is -2.14. The summed E-state index contributed by atoms with van der Waals surface area (Å²) in [6.07, 6.45) is 0.249. The zero-order valence-electron chi connectivity index (χ0n) is 9.45. The first-order valence-electron chi connectivity index (χ1n) is 5.08. The molecule has 0 aliphatic heterocycles. The predicted molar refractivity (Wildman–Crippen MR) is 62.8 cm³/mol. The van der Waals surface area contributed by atoms with Gasteiger partial charge in [-0.2, -0.15) is 5.26 Å². The second kappa shape index (κ2) is 5.17. The number of carbonyl (C=O) groups is 1. The summed E-state index contributed by atoms with van der Waals surface area (Å²) in [6, 6.07) is 7.60. The van der Waals surface area contributed by atoms with E-state index in [4.69, 9.17) is 11.0 Å². The highest BCUT2D eigenvalue weighted by Gasteiger charge is 2.08. The van der Waals surface area contributed by atoms with Crippen molar-refractivity contribution in [2.75, 3.05) is 5.32 Å². The van der Waals surface area contributed by atoms with Gasteiger partial charge in [0.1, 0.15) is 6.07 Å². The summed E-state index contributed by atoms with van der Waals surface area (Å²) in [5.41, 5.74) is 7.45. The van der Waals surface area contributed by atoms with E-state index in [0.717, 1.165) is 11.3 Å². The van der Waals surface area contributed by atoms with Crippen LogP contribution in [0.4, 0.5) is 5.69 Å². The Bertz CT molecular complexity index is 434. The summed E-state index contributed by atoms with van der Waals surface area (Å²) in [5, 5.41) is 12.1. The van der Waals surface area contributed by atoms with Gasteiger partial charge in [-0.1, -0.05) is 6.07 Å². The maximum absolute atomic E-state index is 10.7. The van der Waals surface area contributed by atoms with Crippen LogP contribution in [0.15, 0.2) is 18.2 Å². The highest BCUT2D eigenvalue weighted by Crippen LogP contribution is 2.17. The average Bonchev–Trinajstić information content (AvgIpc) is 2.19. The molecule has 0 aliphatic rings. The smallest absolute Gasteiger partial charge is 0.219 e. The molecule has 84 valence electrons. The first-order valence-corrected chi connectivity index (χ1v) is 5.08. The van der Waals surface area contributed by atoms with Gasteiger partial charge < -0.3 is 11.1 Å². The first-order chi connectivity index (χ1) is 7.52. The third-order valence-corrected chi connectivity index (χ3v) is 2.20. The summed E-state index contributed by atoms with van der Waals surface area (Å²) in [5.74, 6) is -0.356. The molecule has 0 aliphatic carbocycles. The summed E-state index contributed by atoms with van der Waals surface area (Å²) in [4.78, 5) is 10.7. The lowest BCUT2D eigenvalue weighted by Crippen LogP contribution is -2.24. The Morgan fingerprint density at radius 1 is 1.62 bits per heavy atom. The number of nitriles is 1. The molecule has 3 N–H and O–H groups in total. The molecule has 0 saturated heterocycles. The fraction of sp³-hybridized carbons (Fsp3) is 0.333. The van der Waals surface area contributed by atoms with Gasteiger partial charge in [-0.25, -0.2) is 0 Å². The summed E-state index contributed by atoms with van der Waals surface area (Å²) in [7, 11) is 0. The van der Waals surface area contributed by atoms with Gasteiger partial charge in [0, 0.05) is 12.5 Å². The number of anilines is 1. The van der Waals surface area contributed by atoms with Crippen molar-refractivity contribution in [2.45, 2.75) is 26.3 Å². The van der Waals surface area contributed by atoms with E-state index in [1.807, 2.05) is 26.0 Å². The fourth-order valence-corrected chi connectivity index (χ4v) is 1.49. The van der Waals surface area contributed by atoms with Gasteiger partial charge in [0.2, 0.25) is 5.91 Å². The highest BCUT2D eigenvalue weighted by molar-refractivity contribution is 5.75. The number of carbonyl (C=O) groups excluding carboxylic acids is 1. The zero-order chi connectivity index (χ0) is 12.1. The van der Waals surface area contributed by atoms with Crippen molar-refractivity contribution in [1.29, 1.82) is 5.26 Å². The van der Waals surface area contributed by atoms with Crippen molar-refractivity contribution in [3.8, 4) is 6.07 Å². The van der Waals surface area contributed by atoms with Gasteiger partial charge in [0.05, 0.1) is 11.3 Å². The van der Waals surface area contributed by atoms with Crippen molar-refractivity contribution in [2.24, 2.45) is 5.73 Å². The number of hydrogen-bond donors (Lipinski definition) is 2. The molecule has 1 amide bonds. The highest BCUT2D eigenvalue weighted by atomic mass is 16.1. The minimum absolute atomic E-state index is 0.0766. The van der Waals surface area contributed by atoms with E-state index >= 15 is 0 Å². The van der Waals surface area contributed by atoms with E-state index in [1.54, 1.807) is 6.07 Å². The minimum atomic E-state index is -0.356. The van der Waals surface area contributed by atoms with Gasteiger partial charge in [-0.3, -0.25) is 4.79 Å². The largest absolute Gasteiger partial charge is 0.381 e. The van der Waals surface area contributed by atoms with Crippen LogP contribution in [0.5, 0.6) is 0 Å². The van der Waals surface area contributed by atoms with Crippen molar-refractivity contribution in [3.63, 3.8) is 0 Å². The van der Waals surface area contributed by atoms with E-state index in [0.29, 0.717) is 5.56 Å². The number of nitrogens with one attached hydrogen (secondary N) is 1. The Kier molecular flexibility index (Phi) is 3.90. The summed E-state index contributed by atoms with van der Waals surface area (Å²) in [6.45, 7) is 3.78. The second-order valence-electron chi connectivity index (χ2n) is 3.88. The molecular formula is C12H15N3O. The van der Waals surface area contributed by atoms with Crippen LogP contribution in [-0.2, 0) is 4.79 Å². The molecule has 1 aromatic rings. The molecule has 0 bridgehead atoms.